The molecule has 0 N–H and O–H groups in total. The van der Waals surface area contributed by atoms with Crippen molar-refractivity contribution in [1.29, 1.82) is 5.26 Å². The van der Waals surface area contributed by atoms with Crippen LogP contribution in [0.5, 0.6) is 0 Å². The Morgan fingerprint density at radius 2 is 2.21 bits per heavy atom. The van der Waals surface area contributed by atoms with Crippen molar-refractivity contribution >= 4 is 21.2 Å². The molecule has 4 nitrogen and oxygen atoms in total. The summed E-state index contributed by atoms with van der Waals surface area (Å²) in [6, 6.07) is 2.01. The van der Waals surface area contributed by atoms with E-state index in [9.17, 15) is 8.42 Å². The zero-order chi connectivity index (χ0) is 10.8. The van der Waals surface area contributed by atoms with Gasteiger partial charge >= 0.3 is 0 Å². The third-order valence-corrected chi connectivity index (χ3v) is 3.55. The highest BCUT2D eigenvalue weighted by molar-refractivity contribution is 7.90. The van der Waals surface area contributed by atoms with E-state index in [1.54, 1.807) is 0 Å². The Hall–Kier alpha value is -0.930. The SMILES string of the molecule is CCc1nc(CS(C)(=O)=O)sc1C#N. The molecule has 0 unspecified atom stereocenters. The van der Waals surface area contributed by atoms with Crippen LogP contribution in [-0.2, 0) is 22.0 Å². The van der Waals surface area contributed by atoms with E-state index in [1.165, 1.54) is 0 Å². The molecule has 1 heterocycles. The monoisotopic (exact) mass is 230 g/mol. The van der Waals surface area contributed by atoms with E-state index in [0.29, 0.717) is 22.0 Å². The second-order valence-electron chi connectivity index (χ2n) is 2.92. The second-order valence-corrected chi connectivity index (χ2v) is 6.14. The van der Waals surface area contributed by atoms with Gasteiger partial charge in [0.25, 0.3) is 0 Å². The van der Waals surface area contributed by atoms with Gasteiger partial charge in [0.15, 0.2) is 9.84 Å². The van der Waals surface area contributed by atoms with E-state index in [-0.39, 0.29) is 5.75 Å². The molecular formula is C8H10N2O2S2. The van der Waals surface area contributed by atoms with Gasteiger partial charge in [-0.25, -0.2) is 13.4 Å². The first-order valence-corrected chi connectivity index (χ1v) is 6.90. The van der Waals surface area contributed by atoms with Crippen molar-refractivity contribution in [3.63, 3.8) is 0 Å². The second kappa shape index (κ2) is 4.07. The molecule has 0 bridgehead atoms. The molecule has 0 saturated heterocycles. The first-order chi connectivity index (χ1) is 6.46. The van der Waals surface area contributed by atoms with Crippen molar-refractivity contribution in [3.8, 4) is 6.07 Å². The average Bonchev–Trinajstić information content (AvgIpc) is 2.43. The lowest BCUT2D eigenvalue weighted by atomic mass is 10.3. The van der Waals surface area contributed by atoms with Crippen molar-refractivity contribution in [2.24, 2.45) is 0 Å². The predicted molar refractivity (Wildman–Crippen MR) is 54.8 cm³/mol. The van der Waals surface area contributed by atoms with E-state index < -0.39 is 9.84 Å². The van der Waals surface area contributed by atoms with Crippen molar-refractivity contribution < 1.29 is 8.42 Å². The highest BCUT2D eigenvalue weighted by Gasteiger charge is 2.13. The lowest BCUT2D eigenvalue weighted by Crippen LogP contribution is -2.00. The molecule has 0 radical (unpaired) electrons. The molecule has 14 heavy (non-hydrogen) atoms. The molecule has 0 aliphatic heterocycles. The third-order valence-electron chi connectivity index (χ3n) is 1.56. The molecule has 1 aromatic heterocycles. The standard InChI is InChI=1S/C8H10N2O2S2/c1-3-6-7(4-9)13-8(10-6)5-14(2,11)12/h3,5H2,1-2H3. The van der Waals surface area contributed by atoms with Gasteiger partial charge in [-0.05, 0) is 6.42 Å². The summed E-state index contributed by atoms with van der Waals surface area (Å²) < 4.78 is 22.0. The molecule has 0 aromatic carbocycles. The first-order valence-electron chi connectivity index (χ1n) is 4.02. The van der Waals surface area contributed by atoms with Gasteiger partial charge in [-0.3, -0.25) is 0 Å². The summed E-state index contributed by atoms with van der Waals surface area (Å²) in [7, 11) is -3.06. The summed E-state index contributed by atoms with van der Waals surface area (Å²) in [5.41, 5.74) is 0.691. The van der Waals surface area contributed by atoms with Crippen LogP contribution in [0.4, 0.5) is 0 Å². The van der Waals surface area contributed by atoms with E-state index >= 15 is 0 Å². The van der Waals surface area contributed by atoms with E-state index in [1.807, 2.05) is 13.0 Å². The highest BCUT2D eigenvalue weighted by Crippen LogP contribution is 2.19. The smallest absolute Gasteiger partial charge is 0.153 e. The normalized spacial score (nSPS) is 11.2. The highest BCUT2D eigenvalue weighted by atomic mass is 32.2. The number of nitrogens with zero attached hydrogens (tertiary/aromatic N) is 2. The third kappa shape index (κ3) is 2.79. The number of aromatic nitrogens is 1. The van der Waals surface area contributed by atoms with E-state index in [4.69, 9.17) is 5.26 Å². The molecule has 0 amide bonds. The van der Waals surface area contributed by atoms with Crippen LogP contribution in [0.25, 0.3) is 0 Å². The summed E-state index contributed by atoms with van der Waals surface area (Å²) in [6.07, 6.45) is 1.81. The lowest BCUT2D eigenvalue weighted by Gasteiger charge is -1.90. The van der Waals surface area contributed by atoms with Crippen molar-refractivity contribution in [3.05, 3.63) is 15.6 Å². The fourth-order valence-corrected chi connectivity index (χ4v) is 3.15. The fraction of sp³-hybridized carbons (Fsp3) is 0.500. The molecule has 0 aliphatic rings. The zero-order valence-corrected chi connectivity index (χ0v) is 9.57. The molecule has 0 fully saturated rings. The molecule has 0 spiro atoms. The number of hydrogen-bond acceptors (Lipinski definition) is 5. The number of nitriles is 1. The van der Waals surface area contributed by atoms with E-state index in [0.717, 1.165) is 17.6 Å². The lowest BCUT2D eigenvalue weighted by molar-refractivity contribution is 0.601. The minimum atomic E-state index is -3.06. The molecular weight excluding hydrogens is 220 g/mol. The van der Waals surface area contributed by atoms with Crippen LogP contribution in [0.3, 0.4) is 0 Å². The fourth-order valence-electron chi connectivity index (χ4n) is 1.01. The van der Waals surface area contributed by atoms with Gasteiger partial charge in [0, 0.05) is 6.26 Å². The van der Waals surface area contributed by atoms with Gasteiger partial charge in [0.05, 0.1) is 5.69 Å². The molecule has 6 heteroatoms. The maximum Gasteiger partial charge on any atom is 0.153 e. The molecule has 76 valence electrons. The Morgan fingerprint density at radius 3 is 2.57 bits per heavy atom. The number of aryl methyl sites for hydroxylation is 1. The van der Waals surface area contributed by atoms with Gasteiger partial charge in [-0.1, -0.05) is 6.92 Å². The molecule has 0 aliphatic carbocycles. The van der Waals surface area contributed by atoms with Gasteiger partial charge in [-0.15, -0.1) is 11.3 Å². The minimum absolute atomic E-state index is 0.0770. The molecule has 0 atom stereocenters. The van der Waals surface area contributed by atoms with Crippen LogP contribution in [0.1, 0.15) is 22.5 Å². The topological polar surface area (TPSA) is 70.8 Å². The Bertz CT molecular complexity index is 468. The molecule has 0 saturated carbocycles. The summed E-state index contributed by atoms with van der Waals surface area (Å²) in [6.45, 7) is 1.89. The summed E-state index contributed by atoms with van der Waals surface area (Å²) in [4.78, 5) is 4.62. The Kier molecular flexibility index (Phi) is 3.24. The van der Waals surface area contributed by atoms with Gasteiger partial charge in [0.1, 0.15) is 21.7 Å². The van der Waals surface area contributed by atoms with Gasteiger partial charge in [0.2, 0.25) is 0 Å². The minimum Gasteiger partial charge on any atom is -0.244 e. The Labute approximate surface area is 87.1 Å². The van der Waals surface area contributed by atoms with Crippen molar-refractivity contribution in [2.75, 3.05) is 6.26 Å². The largest absolute Gasteiger partial charge is 0.244 e. The number of thiazole rings is 1. The van der Waals surface area contributed by atoms with Crippen LogP contribution in [0.15, 0.2) is 0 Å². The van der Waals surface area contributed by atoms with Crippen molar-refractivity contribution in [2.45, 2.75) is 19.1 Å². The summed E-state index contributed by atoms with van der Waals surface area (Å²) >= 11 is 1.16. The first kappa shape index (κ1) is 11.1. The van der Waals surface area contributed by atoms with Crippen LogP contribution in [0, 0.1) is 11.3 Å². The van der Waals surface area contributed by atoms with Gasteiger partial charge < -0.3 is 0 Å². The number of rotatable bonds is 3. The van der Waals surface area contributed by atoms with Crippen LogP contribution in [0.2, 0.25) is 0 Å². The maximum absolute atomic E-state index is 11.0. The number of sulfone groups is 1. The van der Waals surface area contributed by atoms with Crippen LogP contribution in [-0.4, -0.2) is 19.7 Å². The van der Waals surface area contributed by atoms with Crippen LogP contribution >= 0.6 is 11.3 Å². The van der Waals surface area contributed by atoms with Gasteiger partial charge in [-0.2, -0.15) is 5.26 Å². The Morgan fingerprint density at radius 1 is 1.57 bits per heavy atom. The average molecular weight is 230 g/mol. The Balaban J connectivity index is 3.03. The zero-order valence-electron chi connectivity index (χ0n) is 7.94. The molecule has 1 rings (SSSR count). The van der Waals surface area contributed by atoms with Crippen LogP contribution < -0.4 is 0 Å². The molecule has 1 aromatic rings. The maximum atomic E-state index is 11.0. The number of hydrogen-bond donors (Lipinski definition) is 0. The van der Waals surface area contributed by atoms with Crippen molar-refractivity contribution in [1.82, 2.24) is 4.98 Å². The summed E-state index contributed by atoms with van der Waals surface area (Å²) in [5.74, 6) is -0.0770. The summed E-state index contributed by atoms with van der Waals surface area (Å²) in [5, 5.41) is 9.23. The predicted octanol–water partition coefficient (Wildman–Crippen LogP) is 1.12. The van der Waals surface area contributed by atoms with E-state index in [2.05, 4.69) is 4.98 Å². The quantitative estimate of drug-likeness (QED) is 0.780.